The van der Waals surface area contributed by atoms with E-state index in [1.807, 2.05) is 66.3 Å². The molecule has 1 N–H and O–H groups in total. The van der Waals surface area contributed by atoms with E-state index in [2.05, 4.69) is 41.5 Å². The Balaban J connectivity index is 0.000000672. The number of rotatable bonds is 5. The van der Waals surface area contributed by atoms with Crippen LogP contribution in [0.3, 0.4) is 0 Å². The molecule has 180 valence electrons. The third kappa shape index (κ3) is 5.46. The van der Waals surface area contributed by atoms with E-state index in [9.17, 15) is 18.3 Å². The number of benzene rings is 4. The Morgan fingerprint density at radius 3 is 2.31 bits per heavy atom. The smallest absolute Gasteiger partial charge is 0.379 e. The molecule has 0 spiro atoms. The van der Waals surface area contributed by atoms with Gasteiger partial charge in [-0.15, -0.1) is 0 Å². The zero-order chi connectivity index (χ0) is 25.0. The van der Waals surface area contributed by atoms with E-state index in [1.54, 1.807) is 7.11 Å². The first kappa shape index (κ1) is 24.3. The number of fused-ring (bicyclic) bond motifs is 2. The molecule has 0 fully saturated rings. The minimum Gasteiger partial charge on any atom is -0.497 e. The zero-order valence-electron chi connectivity index (χ0n) is 19.3. The number of hydrogen-bond acceptors (Lipinski definition) is 3. The first-order chi connectivity index (χ1) is 16.8. The molecule has 35 heavy (non-hydrogen) atoms. The van der Waals surface area contributed by atoms with E-state index in [0.717, 1.165) is 44.2 Å². The maximum Gasteiger partial charge on any atom is 0.379 e. The van der Waals surface area contributed by atoms with Crippen LogP contribution < -0.4 is 4.74 Å². The molecule has 0 aliphatic heterocycles. The molecule has 0 amide bonds. The van der Waals surface area contributed by atoms with E-state index in [1.165, 1.54) is 0 Å². The van der Waals surface area contributed by atoms with Gasteiger partial charge in [-0.25, -0.2) is 4.68 Å². The predicted octanol–water partition coefficient (Wildman–Crippen LogP) is 6.82. The van der Waals surface area contributed by atoms with Gasteiger partial charge < -0.3 is 9.84 Å². The molecule has 1 unspecified atom stereocenters. The summed E-state index contributed by atoms with van der Waals surface area (Å²) >= 11 is 0. The van der Waals surface area contributed by atoms with Crippen molar-refractivity contribution in [1.29, 1.82) is 0 Å². The van der Waals surface area contributed by atoms with Gasteiger partial charge in [0, 0.05) is 11.8 Å². The third-order valence-corrected chi connectivity index (χ3v) is 5.87. The lowest BCUT2D eigenvalue weighted by atomic mass is 9.86. The summed E-state index contributed by atoms with van der Waals surface area (Å²) in [7, 11) is 1.66. The first-order valence-corrected chi connectivity index (χ1v) is 11.0. The van der Waals surface area contributed by atoms with Crippen molar-refractivity contribution in [3.05, 3.63) is 102 Å². The number of hydrogen-bond donors (Lipinski definition) is 1. The van der Waals surface area contributed by atoms with Gasteiger partial charge in [-0.05, 0) is 65.2 Å². The Kier molecular flexibility index (Phi) is 7.07. The molecule has 1 aromatic heterocycles. The van der Waals surface area contributed by atoms with Crippen molar-refractivity contribution in [2.75, 3.05) is 7.11 Å². The summed E-state index contributed by atoms with van der Waals surface area (Å²) in [4.78, 5) is 0. The summed E-state index contributed by atoms with van der Waals surface area (Å²) in [5.74, 6) is 0.818. The van der Waals surface area contributed by atoms with Crippen LogP contribution in [0, 0.1) is 0 Å². The normalized spacial score (nSPS) is 12.9. The van der Waals surface area contributed by atoms with Crippen LogP contribution in [0.15, 0.2) is 91.1 Å². The average Bonchev–Trinajstić information content (AvgIpc) is 3.26. The average molecular weight is 479 g/mol. The number of ether oxygens (including phenoxy) is 1. The minimum absolute atomic E-state index is 0.519. The summed E-state index contributed by atoms with van der Waals surface area (Å²) in [6.45, 7) is -1.78. The summed E-state index contributed by atoms with van der Waals surface area (Å²) in [6.07, 6.45) is 2.39. The molecule has 0 saturated carbocycles. The largest absolute Gasteiger partial charge is 0.497 e. The molecular formula is C28H25F3N2O2. The Hall–Kier alpha value is -3.84. The molecule has 0 aliphatic rings. The Bertz CT molecular complexity index is 1420. The number of alkyl halides is 3. The van der Waals surface area contributed by atoms with Gasteiger partial charge >= 0.3 is 6.68 Å². The topological polar surface area (TPSA) is 47.3 Å². The highest BCUT2D eigenvalue weighted by Crippen LogP contribution is 2.32. The van der Waals surface area contributed by atoms with Gasteiger partial charge in [0.2, 0.25) is 0 Å². The lowest BCUT2D eigenvalue weighted by Gasteiger charge is -2.26. The maximum absolute atomic E-state index is 11.4. The molecule has 1 heterocycles. The van der Waals surface area contributed by atoms with E-state index >= 15 is 0 Å². The van der Waals surface area contributed by atoms with Crippen LogP contribution in [0.25, 0.3) is 27.4 Å². The van der Waals surface area contributed by atoms with Crippen molar-refractivity contribution in [3.8, 4) is 11.4 Å². The van der Waals surface area contributed by atoms with Gasteiger partial charge in [0.1, 0.15) is 5.75 Å². The lowest BCUT2D eigenvalue weighted by Crippen LogP contribution is -2.24. The fourth-order valence-electron chi connectivity index (χ4n) is 4.31. The highest BCUT2D eigenvalue weighted by atomic mass is 19.4. The van der Waals surface area contributed by atoms with Crippen LogP contribution in [-0.2, 0) is 12.0 Å². The second-order valence-corrected chi connectivity index (χ2v) is 8.37. The molecule has 5 rings (SSSR count). The summed E-state index contributed by atoms with van der Waals surface area (Å²) in [6, 6.07) is 28.4. The molecule has 0 bridgehead atoms. The van der Waals surface area contributed by atoms with Gasteiger partial charge in [-0.3, -0.25) is 0 Å². The van der Waals surface area contributed by atoms with E-state index in [4.69, 9.17) is 4.74 Å². The lowest BCUT2D eigenvalue weighted by molar-refractivity contribution is 0.00818. The van der Waals surface area contributed by atoms with Crippen LogP contribution in [-0.4, -0.2) is 28.7 Å². The molecule has 4 aromatic carbocycles. The SMILES string of the molecule is COc1ccc(-n2ncc3cc(CC(C)(O)c4cccc5ccccc45)ccc32)cc1.FC(F)F. The van der Waals surface area contributed by atoms with Gasteiger partial charge in [-0.1, -0.05) is 48.5 Å². The standard InChI is InChI=1S/C27H24N2O2.CHF3/c1-27(30,25-9-5-7-20-6-3-4-8-24(20)25)17-19-10-15-26-21(16-19)18-28-29(26)22-11-13-23(31-2)14-12-22;2-1(3)4/h3-16,18,30H,17H2,1-2H3;1H. The molecule has 4 nitrogen and oxygen atoms in total. The summed E-state index contributed by atoms with van der Waals surface area (Å²) in [5, 5.41) is 19.2. The quantitative estimate of drug-likeness (QED) is 0.302. The Labute approximate surface area is 201 Å². The first-order valence-electron chi connectivity index (χ1n) is 11.0. The molecule has 0 aliphatic carbocycles. The minimum atomic E-state index is -3.67. The number of aromatic nitrogens is 2. The molecule has 1 atom stereocenters. The Morgan fingerprint density at radius 2 is 1.60 bits per heavy atom. The van der Waals surface area contributed by atoms with Crippen LogP contribution in [0.2, 0.25) is 0 Å². The second-order valence-electron chi connectivity index (χ2n) is 8.37. The van der Waals surface area contributed by atoms with E-state index in [0.29, 0.717) is 6.42 Å². The number of aliphatic hydroxyl groups is 1. The second kappa shape index (κ2) is 10.2. The van der Waals surface area contributed by atoms with Crippen molar-refractivity contribution in [2.45, 2.75) is 25.6 Å². The molecule has 0 saturated heterocycles. The van der Waals surface area contributed by atoms with Crippen LogP contribution in [0.5, 0.6) is 5.75 Å². The van der Waals surface area contributed by atoms with E-state index < -0.39 is 12.3 Å². The highest BCUT2D eigenvalue weighted by Gasteiger charge is 2.25. The maximum atomic E-state index is 11.4. The van der Waals surface area contributed by atoms with Crippen molar-refractivity contribution < 1.29 is 23.0 Å². The number of methoxy groups -OCH3 is 1. The van der Waals surface area contributed by atoms with Crippen molar-refractivity contribution in [1.82, 2.24) is 9.78 Å². The van der Waals surface area contributed by atoms with Gasteiger partial charge in [0.25, 0.3) is 0 Å². The third-order valence-electron chi connectivity index (χ3n) is 5.87. The van der Waals surface area contributed by atoms with Crippen LogP contribution >= 0.6 is 0 Å². The number of halogens is 3. The highest BCUT2D eigenvalue weighted by molar-refractivity contribution is 5.86. The van der Waals surface area contributed by atoms with Crippen LogP contribution in [0.4, 0.5) is 13.2 Å². The van der Waals surface area contributed by atoms with Crippen LogP contribution in [0.1, 0.15) is 18.1 Å². The fraction of sp³-hybridized carbons (Fsp3) is 0.179. The number of nitrogens with zero attached hydrogens (tertiary/aromatic N) is 2. The molecule has 5 aromatic rings. The zero-order valence-corrected chi connectivity index (χ0v) is 19.3. The summed E-state index contributed by atoms with van der Waals surface area (Å²) < 4.78 is 36.2. The molecule has 7 heteroatoms. The monoisotopic (exact) mass is 478 g/mol. The van der Waals surface area contributed by atoms with Gasteiger partial charge in [0.15, 0.2) is 0 Å². The molecular weight excluding hydrogens is 453 g/mol. The van der Waals surface area contributed by atoms with E-state index in [-0.39, 0.29) is 0 Å². The fourth-order valence-corrected chi connectivity index (χ4v) is 4.31. The van der Waals surface area contributed by atoms with Gasteiger partial charge in [-0.2, -0.15) is 18.3 Å². The van der Waals surface area contributed by atoms with Crippen molar-refractivity contribution >= 4 is 21.7 Å². The van der Waals surface area contributed by atoms with Gasteiger partial charge in [0.05, 0.1) is 30.1 Å². The molecule has 0 radical (unpaired) electrons. The van der Waals surface area contributed by atoms with Crippen molar-refractivity contribution in [3.63, 3.8) is 0 Å². The Morgan fingerprint density at radius 1 is 0.914 bits per heavy atom. The summed E-state index contributed by atoms with van der Waals surface area (Å²) in [5.41, 5.74) is 3.03. The van der Waals surface area contributed by atoms with Crippen molar-refractivity contribution in [2.24, 2.45) is 0 Å². The predicted molar refractivity (Wildman–Crippen MR) is 132 cm³/mol.